The van der Waals surface area contributed by atoms with Gasteiger partial charge >= 0.3 is 5.97 Å². The first-order valence-corrected chi connectivity index (χ1v) is 9.35. The highest BCUT2D eigenvalue weighted by Gasteiger charge is 2.42. The number of nitrogens with zero attached hydrogens (tertiary/aromatic N) is 5. The standard InChI is InChI=1S/C22H17N5O4/c1-26-9-7-22(30,21(26)29)6-5-14-10-15(13-23)12-16(11-14)27-19-17(4-3-8-24-19)18(25-27)20(28)31-2/h3-4,8,10-12,30H,7,9H2,1-2H3/t22-/m0/s1. The SMILES string of the molecule is COC(=O)c1nn(-c2cc(C#N)cc(C#C[C@]3(O)CCN(C)C3=O)c2)c2ncccc12. The predicted octanol–water partition coefficient (Wildman–Crippen LogP) is 1.02. The first-order chi connectivity index (χ1) is 14.9. The molecule has 1 amide bonds. The lowest BCUT2D eigenvalue weighted by atomic mass is 10.0. The summed E-state index contributed by atoms with van der Waals surface area (Å²) < 4.78 is 6.23. The van der Waals surface area contributed by atoms with Gasteiger partial charge in [-0.15, -0.1) is 0 Å². The summed E-state index contributed by atoms with van der Waals surface area (Å²) in [6.45, 7) is 0.411. The number of likely N-dealkylation sites (N-methyl/N-ethyl adjacent to an activating group) is 1. The number of benzene rings is 1. The molecule has 3 aromatic rings. The minimum atomic E-state index is -1.75. The zero-order valence-corrected chi connectivity index (χ0v) is 16.8. The summed E-state index contributed by atoms with van der Waals surface area (Å²) in [6, 6.07) is 10.2. The lowest BCUT2D eigenvalue weighted by molar-refractivity contribution is -0.137. The highest BCUT2D eigenvalue weighted by molar-refractivity contribution is 6.01. The Labute approximate surface area is 177 Å². The molecule has 1 aliphatic heterocycles. The summed E-state index contributed by atoms with van der Waals surface area (Å²) in [6.07, 6.45) is 1.77. The van der Waals surface area contributed by atoms with E-state index >= 15 is 0 Å². The number of aromatic nitrogens is 3. The smallest absolute Gasteiger partial charge is 0.359 e. The van der Waals surface area contributed by atoms with E-state index in [0.717, 1.165) is 0 Å². The van der Waals surface area contributed by atoms with Crippen molar-refractivity contribution in [1.29, 1.82) is 5.26 Å². The van der Waals surface area contributed by atoms with Gasteiger partial charge in [-0.3, -0.25) is 4.79 Å². The summed E-state index contributed by atoms with van der Waals surface area (Å²) in [4.78, 5) is 30.0. The molecule has 0 radical (unpaired) electrons. The Bertz CT molecular complexity index is 1330. The lowest BCUT2D eigenvalue weighted by Gasteiger charge is -2.13. The molecular weight excluding hydrogens is 398 g/mol. The molecule has 0 aliphatic carbocycles. The van der Waals surface area contributed by atoms with E-state index in [-0.39, 0.29) is 12.1 Å². The largest absolute Gasteiger partial charge is 0.464 e. The Balaban J connectivity index is 1.84. The number of aliphatic hydroxyl groups is 1. The maximum absolute atomic E-state index is 12.2. The minimum absolute atomic E-state index is 0.0921. The molecule has 0 unspecified atom stereocenters. The van der Waals surface area contributed by atoms with Crippen LogP contribution in [-0.4, -0.2) is 63.0 Å². The molecule has 154 valence electrons. The number of ether oxygens (including phenoxy) is 1. The molecule has 2 aromatic heterocycles. The topological polar surface area (TPSA) is 121 Å². The molecule has 1 saturated heterocycles. The van der Waals surface area contributed by atoms with Gasteiger partial charge in [0, 0.05) is 31.8 Å². The summed E-state index contributed by atoms with van der Waals surface area (Å²) in [5.41, 5.74) is -0.108. The number of carbonyl (C=O) groups is 2. The number of amides is 1. The average Bonchev–Trinajstić information content (AvgIpc) is 3.31. The van der Waals surface area contributed by atoms with Crippen LogP contribution >= 0.6 is 0 Å². The fourth-order valence-corrected chi connectivity index (χ4v) is 3.39. The summed E-state index contributed by atoms with van der Waals surface area (Å²) in [5, 5.41) is 24.8. The molecule has 1 aliphatic rings. The first-order valence-electron chi connectivity index (χ1n) is 9.35. The molecule has 31 heavy (non-hydrogen) atoms. The van der Waals surface area contributed by atoms with Crippen molar-refractivity contribution < 1.29 is 19.4 Å². The van der Waals surface area contributed by atoms with Gasteiger partial charge in [0.25, 0.3) is 5.91 Å². The molecular formula is C22H17N5O4. The third-order valence-electron chi connectivity index (χ3n) is 5.04. The lowest BCUT2D eigenvalue weighted by Crippen LogP contribution is -2.37. The van der Waals surface area contributed by atoms with Gasteiger partial charge in [0.05, 0.1) is 29.8 Å². The summed E-state index contributed by atoms with van der Waals surface area (Å²) in [7, 11) is 2.87. The van der Waals surface area contributed by atoms with Gasteiger partial charge in [0.2, 0.25) is 5.60 Å². The Hall–Kier alpha value is -4.21. The van der Waals surface area contributed by atoms with Crippen molar-refractivity contribution in [2.75, 3.05) is 20.7 Å². The van der Waals surface area contributed by atoms with Crippen LogP contribution < -0.4 is 0 Å². The molecule has 0 bridgehead atoms. The van der Waals surface area contributed by atoms with Crippen LogP contribution in [-0.2, 0) is 9.53 Å². The molecule has 9 heteroatoms. The molecule has 1 atom stereocenters. The molecule has 1 aromatic carbocycles. The van der Waals surface area contributed by atoms with Crippen molar-refractivity contribution in [3.05, 3.63) is 53.3 Å². The highest BCUT2D eigenvalue weighted by Crippen LogP contribution is 2.24. The van der Waals surface area contributed by atoms with E-state index in [1.165, 1.54) is 16.7 Å². The van der Waals surface area contributed by atoms with Crippen LogP contribution in [0.1, 0.15) is 28.0 Å². The van der Waals surface area contributed by atoms with Gasteiger partial charge in [-0.2, -0.15) is 10.4 Å². The number of carbonyl (C=O) groups excluding carboxylic acids is 2. The number of fused-ring (bicyclic) bond motifs is 1. The quantitative estimate of drug-likeness (QED) is 0.490. The second kappa shape index (κ2) is 7.56. The van der Waals surface area contributed by atoms with E-state index in [1.807, 2.05) is 0 Å². The van der Waals surface area contributed by atoms with Crippen molar-refractivity contribution >= 4 is 22.9 Å². The maximum atomic E-state index is 12.2. The Morgan fingerprint density at radius 3 is 2.77 bits per heavy atom. The van der Waals surface area contributed by atoms with Crippen molar-refractivity contribution in [3.8, 4) is 23.6 Å². The molecule has 3 heterocycles. The number of rotatable bonds is 2. The van der Waals surface area contributed by atoms with Crippen molar-refractivity contribution in [2.45, 2.75) is 12.0 Å². The zero-order valence-electron chi connectivity index (χ0n) is 16.8. The van der Waals surface area contributed by atoms with E-state index < -0.39 is 17.5 Å². The number of esters is 1. The third kappa shape index (κ3) is 3.48. The fraction of sp³-hybridized carbons (Fsp3) is 0.227. The van der Waals surface area contributed by atoms with Crippen LogP contribution in [0, 0.1) is 23.2 Å². The molecule has 0 saturated carbocycles. The predicted molar refractivity (Wildman–Crippen MR) is 109 cm³/mol. The van der Waals surface area contributed by atoms with E-state index in [9.17, 15) is 20.0 Å². The van der Waals surface area contributed by atoms with Gasteiger partial charge in [-0.25, -0.2) is 14.5 Å². The minimum Gasteiger partial charge on any atom is -0.464 e. The summed E-state index contributed by atoms with van der Waals surface area (Å²) in [5.74, 6) is 4.37. The van der Waals surface area contributed by atoms with Crippen LogP contribution in [0.25, 0.3) is 16.7 Å². The molecule has 0 spiro atoms. The number of nitriles is 1. The number of methoxy groups -OCH3 is 1. The molecule has 4 rings (SSSR count). The molecule has 1 N–H and O–H groups in total. The van der Waals surface area contributed by atoms with Gasteiger partial charge < -0.3 is 14.7 Å². The second-order valence-corrected chi connectivity index (χ2v) is 7.09. The molecule has 1 fully saturated rings. The monoisotopic (exact) mass is 415 g/mol. The number of hydrogen-bond donors (Lipinski definition) is 1. The highest BCUT2D eigenvalue weighted by atomic mass is 16.5. The van der Waals surface area contributed by atoms with Gasteiger partial charge in [-0.05, 0) is 30.3 Å². The average molecular weight is 415 g/mol. The zero-order chi connectivity index (χ0) is 22.2. The summed E-state index contributed by atoms with van der Waals surface area (Å²) >= 11 is 0. The van der Waals surface area contributed by atoms with E-state index in [0.29, 0.717) is 34.4 Å². The second-order valence-electron chi connectivity index (χ2n) is 7.09. The Kier molecular flexibility index (Phi) is 4.90. The van der Waals surface area contributed by atoms with Crippen molar-refractivity contribution in [1.82, 2.24) is 19.7 Å². The van der Waals surface area contributed by atoms with Crippen LogP contribution in [0.2, 0.25) is 0 Å². The number of likely N-dealkylation sites (tertiary alicyclic amines) is 1. The maximum Gasteiger partial charge on any atom is 0.359 e. The fourth-order valence-electron chi connectivity index (χ4n) is 3.39. The number of hydrogen-bond acceptors (Lipinski definition) is 7. The van der Waals surface area contributed by atoms with Crippen molar-refractivity contribution in [2.24, 2.45) is 0 Å². The van der Waals surface area contributed by atoms with Gasteiger partial charge in [0.1, 0.15) is 0 Å². The van der Waals surface area contributed by atoms with Crippen LogP contribution in [0.15, 0.2) is 36.5 Å². The Morgan fingerprint density at radius 1 is 1.32 bits per heavy atom. The van der Waals surface area contributed by atoms with E-state index in [4.69, 9.17) is 4.74 Å². The van der Waals surface area contributed by atoms with Crippen LogP contribution in [0.3, 0.4) is 0 Å². The number of pyridine rings is 1. The van der Waals surface area contributed by atoms with Crippen LogP contribution in [0.4, 0.5) is 0 Å². The van der Waals surface area contributed by atoms with E-state index in [1.54, 1.807) is 43.6 Å². The first kappa shape index (κ1) is 20.1. The van der Waals surface area contributed by atoms with Gasteiger partial charge in [-0.1, -0.05) is 11.8 Å². The normalized spacial score (nSPS) is 17.9. The van der Waals surface area contributed by atoms with Gasteiger partial charge in [0.15, 0.2) is 11.3 Å². The van der Waals surface area contributed by atoms with Crippen molar-refractivity contribution in [3.63, 3.8) is 0 Å². The van der Waals surface area contributed by atoms with E-state index in [2.05, 4.69) is 28.0 Å². The van der Waals surface area contributed by atoms with Crippen LogP contribution in [0.5, 0.6) is 0 Å². The Morgan fingerprint density at radius 2 is 2.10 bits per heavy atom. The molecule has 9 nitrogen and oxygen atoms in total. The third-order valence-corrected chi connectivity index (χ3v) is 5.04.